The Morgan fingerprint density at radius 1 is 0.823 bits per heavy atom. The van der Waals surface area contributed by atoms with Crippen molar-refractivity contribution in [3.05, 3.63) is 11.6 Å². The number of esters is 1. The van der Waals surface area contributed by atoms with Crippen molar-refractivity contribution in [3.8, 4) is 0 Å². The van der Waals surface area contributed by atoms with Gasteiger partial charge in [0, 0.05) is 31.4 Å². The molecule has 3 saturated heterocycles. The fraction of sp³-hybridized carbons (Fsp3) is 0.905. The first kappa shape index (κ1) is 46.7. The highest BCUT2D eigenvalue weighted by atomic mass is 16.8. The summed E-state index contributed by atoms with van der Waals surface area (Å²) < 4.78 is 46.6. The van der Waals surface area contributed by atoms with Gasteiger partial charge >= 0.3 is 5.97 Å². The Balaban J connectivity index is 0.896. The van der Waals surface area contributed by atoms with Crippen LogP contribution in [0.3, 0.4) is 0 Å². The molecule has 0 radical (unpaired) electrons. The zero-order valence-electron chi connectivity index (χ0n) is 35.2. The summed E-state index contributed by atoms with van der Waals surface area (Å²) in [4.78, 5) is 25.3. The molecule has 0 aromatic rings. The lowest BCUT2D eigenvalue weighted by Crippen LogP contribution is -2.71. The molecule has 23 unspecified atom stereocenters. The Kier molecular flexibility index (Phi) is 13.1. The lowest BCUT2D eigenvalue weighted by atomic mass is 9.41. The van der Waals surface area contributed by atoms with Crippen molar-refractivity contribution in [3.63, 3.8) is 0 Å². The van der Waals surface area contributed by atoms with E-state index in [0.717, 1.165) is 11.9 Å². The van der Waals surface area contributed by atoms with Crippen molar-refractivity contribution in [1.29, 1.82) is 0 Å². The fourth-order valence-corrected chi connectivity index (χ4v) is 12.9. The number of carbonyl (C=O) groups excluding carboxylic acids is 2. The number of aliphatic hydroxyl groups excluding tert-OH is 8. The summed E-state index contributed by atoms with van der Waals surface area (Å²) in [6, 6.07) is 0. The minimum Gasteiger partial charge on any atom is -0.458 e. The van der Waals surface area contributed by atoms with Gasteiger partial charge in [-0.05, 0) is 75.2 Å². The second kappa shape index (κ2) is 17.4. The normalized spacial score (nSPS) is 54.2. The van der Waals surface area contributed by atoms with Crippen LogP contribution in [0.4, 0.5) is 0 Å². The summed E-state index contributed by atoms with van der Waals surface area (Å²) in [7, 11) is 1.45. The smallest absolute Gasteiger partial charge is 0.331 e. The van der Waals surface area contributed by atoms with Crippen LogP contribution in [0.15, 0.2) is 11.6 Å². The highest BCUT2D eigenvalue weighted by Gasteiger charge is 2.74. The number of fused-ring (bicyclic) bond motifs is 5. The molecule has 62 heavy (non-hydrogen) atoms. The van der Waals surface area contributed by atoms with Gasteiger partial charge in [-0.2, -0.15) is 0 Å². The first-order valence-corrected chi connectivity index (χ1v) is 21.9. The number of cyclic esters (lactones) is 1. The minimum absolute atomic E-state index is 0.108. The third kappa shape index (κ3) is 7.42. The molecule has 4 heterocycles. The summed E-state index contributed by atoms with van der Waals surface area (Å²) in [5.41, 5.74) is -4.29. The second-order valence-corrected chi connectivity index (χ2v) is 19.2. The molecule has 10 N–H and O–H groups in total. The summed E-state index contributed by atoms with van der Waals surface area (Å²) in [5.74, 6) is -1.57. The van der Waals surface area contributed by atoms with Crippen LogP contribution in [0.25, 0.3) is 0 Å². The molecular formula is C42H64O20. The van der Waals surface area contributed by atoms with Gasteiger partial charge in [0.05, 0.1) is 54.2 Å². The molecule has 352 valence electrons. The maximum absolute atomic E-state index is 13.4. The molecule has 0 aromatic heterocycles. The van der Waals surface area contributed by atoms with Crippen molar-refractivity contribution in [1.82, 2.24) is 0 Å². The quantitative estimate of drug-likeness (QED) is 0.0564. The van der Waals surface area contributed by atoms with Gasteiger partial charge in [0.15, 0.2) is 18.9 Å². The number of carbonyl (C=O) groups is 2. The molecule has 8 aliphatic rings. The second-order valence-electron chi connectivity index (χ2n) is 19.2. The molecule has 20 nitrogen and oxygen atoms in total. The summed E-state index contributed by atoms with van der Waals surface area (Å²) in [6.07, 6.45) is -15.7. The van der Waals surface area contributed by atoms with Crippen molar-refractivity contribution in [2.75, 3.05) is 26.9 Å². The molecule has 23 atom stereocenters. The van der Waals surface area contributed by atoms with E-state index >= 15 is 0 Å². The molecule has 20 heteroatoms. The van der Waals surface area contributed by atoms with E-state index < -0.39 is 145 Å². The predicted octanol–water partition coefficient (Wildman–Crippen LogP) is -2.95. The van der Waals surface area contributed by atoms with Crippen LogP contribution in [-0.2, 0) is 47.5 Å². The van der Waals surface area contributed by atoms with E-state index in [2.05, 4.69) is 0 Å². The van der Waals surface area contributed by atoms with Crippen LogP contribution in [0, 0.1) is 28.6 Å². The number of rotatable bonds is 11. The summed E-state index contributed by atoms with van der Waals surface area (Å²) in [5, 5.41) is 109. The largest absolute Gasteiger partial charge is 0.458 e. The van der Waals surface area contributed by atoms with Crippen LogP contribution in [-0.4, -0.2) is 200 Å². The van der Waals surface area contributed by atoms with Crippen molar-refractivity contribution < 1.29 is 98.5 Å². The Bertz CT molecular complexity index is 1670. The topological polar surface area (TPSA) is 310 Å². The Morgan fingerprint density at radius 3 is 2.18 bits per heavy atom. The monoisotopic (exact) mass is 888 g/mol. The van der Waals surface area contributed by atoms with Crippen molar-refractivity contribution >= 4 is 12.3 Å². The average Bonchev–Trinajstić information content (AvgIpc) is 3.80. The maximum atomic E-state index is 13.4. The van der Waals surface area contributed by atoms with Gasteiger partial charge in [-0.3, -0.25) is 0 Å². The van der Waals surface area contributed by atoms with Gasteiger partial charge in [0.25, 0.3) is 0 Å². The van der Waals surface area contributed by atoms with E-state index in [9.17, 15) is 60.7 Å². The third-order valence-corrected chi connectivity index (χ3v) is 16.4. The van der Waals surface area contributed by atoms with Gasteiger partial charge in [0.2, 0.25) is 0 Å². The Labute approximate surface area is 358 Å². The minimum atomic E-state index is -1.77. The Morgan fingerprint density at radius 2 is 1.52 bits per heavy atom. The first-order chi connectivity index (χ1) is 29.4. The number of aliphatic hydroxyl groups is 10. The molecule has 0 amide bonds. The average molecular weight is 889 g/mol. The lowest BCUT2D eigenvalue weighted by Gasteiger charge is -2.66. The van der Waals surface area contributed by atoms with Crippen LogP contribution in [0.2, 0.25) is 0 Å². The third-order valence-electron chi connectivity index (χ3n) is 16.4. The van der Waals surface area contributed by atoms with Crippen LogP contribution < -0.4 is 0 Å². The fourth-order valence-electron chi connectivity index (χ4n) is 12.9. The standard InChI is InChI=1S/C42H64O20/c1-18-36(62-38-35(52)33(50)31(48)26(61-38)16-57-37-34(51)32(49)30(47)25(14-43)60-37)24(55-3)12-29(58-18)59-20-4-7-40(17-44)23-11-27(45)39(2)21(19-10-28(46)56-15-19)6-9-42(39,54)22(23)5-8-41(40,53)13-20/h10,17-18,20-27,29-38,43,45,47-54H,4-9,11-16H2,1-3H3. The van der Waals surface area contributed by atoms with E-state index in [-0.39, 0.29) is 50.5 Å². The first-order valence-electron chi connectivity index (χ1n) is 21.9. The van der Waals surface area contributed by atoms with E-state index in [0.29, 0.717) is 25.7 Å². The van der Waals surface area contributed by atoms with E-state index in [1.54, 1.807) is 6.92 Å². The van der Waals surface area contributed by atoms with Crippen LogP contribution >= 0.6 is 0 Å². The van der Waals surface area contributed by atoms with E-state index in [1.165, 1.54) is 13.2 Å². The van der Waals surface area contributed by atoms with Gasteiger partial charge in [0.1, 0.15) is 67.8 Å². The number of hydrogen-bond acceptors (Lipinski definition) is 20. The molecule has 4 saturated carbocycles. The van der Waals surface area contributed by atoms with Gasteiger partial charge in [-0.15, -0.1) is 0 Å². The van der Waals surface area contributed by atoms with Crippen LogP contribution in [0.5, 0.6) is 0 Å². The lowest BCUT2D eigenvalue weighted by molar-refractivity contribution is -0.355. The molecule has 0 bridgehead atoms. The predicted molar refractivity (Wildman–Crippen MR) is 205 cm³/mol. The van der Waals surface area contributed by atoms with Gasteiger partial charge in [-0.1, -0.05) is 6.92 Å². The molecule has 8 rings (SSSR count). The number of ether oxygens (including phenoxy) is 8. The molecule has 7 fully saturated rings. The number of methoxy groups -OCH3 is 1. The summed E-state index contributed by atoms with van der Waals surface area (Å²) in [6.45, 7) is 2.47. The van der Waals surface area contributed by atoms with Crippen molar-refractivity contribution in [2.45, 2.75) is 181 Å². The van der Waals surface area contributed by atoms with Crippen LogP contribution in [0.1, 0.15) is 71.6 Å². The number of aldehydes is 1. The molecule has 0 spiro atoms. The zero-order valence-corrected chi connectivity index (χ0v) is 35.2. The maximum Gasteiger partial charge on any atom is 0.331 e. The molecule has 0 aromatic carbocycles. The SMILES string of the molecule is COC1CC(OC2CCC3(C=O)C4CC(O)C5(C)C(C6=CC(=O)OC6)CCC5(O)C4CCC3(O)C2)OC(C)C1OC1OC(COC2OC(CO)C(O)C(O)C2O)C(O)C(O)C1O. The molecule has 4 aliphatic carbocycles. The Hall–Kier alpha value is -1.80. The highest BCUT2D eigenvalue weighted by Crippen LogP contribution is 2.70. The highest BCUT2D eigenvalue weighted by molar-refractivity contribution is 5.85. The van der Waals surface area contributed by atoms with Gasteiger partial charge < -0.3 is 93.8 Å². The number of hydrogen-bond donors (Lipinski definition) is 10. The van der Waals surface area contributed by atoms with Gasteiger partial charge in [-0.25, -0.2) is 4.79 Å². The summed E-state index contributed by atoms with van der Waals surface area (Å²) >= 11 is 0. The zero-order chi connectivity index (χ0) is 44.7. The van der Waals surface area contributed by atoms with Crippen molar-refractivity contribution in [2.24, 2.45) is 28.6 Å². The van der Waals surface area contributed by atoms with E-state index in [1.807, 2.05) is 6.92 Å². The molecule has 4 aliphatic heterocycles. The molecular weight excluding hydrogens is 824 g/mol. The van der Waals surface area contributed by atoms with E-state index in [4.69, 9.17) is 37.9 Å².